The minimum Gasteiger partial charge on any atom is -1.00 e. The SMILES string of the molecule is CC1=[C-]C(C)(CCP(C(C)C)C(C)C)C(C)=C1C.[Cl-].[Cl-].[Ti+3]. The molecule has 0 saturated heterocycles. The van der Waals surface area contributed by atoms with Crippen LogP contribution in [0.25, 0.3) is 0 Å². The molecule has 1 aliphatic carbocycles. The van der Waals surface area contributed by atoms with Crippen molar-refractivity contribution in [2.24, 2.45) is 5.41 Å². The smallest absolute Gasteiger partial charge is 1.00 e. The molecule has 121 valence electrons. The predicted molar refractivity (Wildman–Crippen MR) is 85.6 cm³/mol. The van der Waals surface area contributed by atoms with Crippen molar-refractivity contribution in [3.05, 3.63) is 22.8 Å². The van der Waals surface area contributed by atoms with E-state index in [0.29, 0.717) is 0 Å². The number of hydrogen-bond donors (Lipinski definition) is 0. The van der Waals surface area contributed by atoms with Crippen molar-refractivity contribution in [1.82, 2.24) is 0 Å². The summed E-state index contributed by atoms with van der Waals surface area (Å²) in [6.07, 6.45) is 6.37. The zero-order valence-electron chi connectivity index (χ0n) is 14.8. The van der Waals surface area contributed by atoms with Crippen molar-refractivity contribution >= 4 is 7.92 Å². The molecule has 0 saturated carbocycles. The molecule has 0 aromatic rings. The van der Waals surface area contributed by atoms with Gasteiger partial charge in [-0.3, -0.25) is 6.08 Å². The molecular weight excluding hydrogens is 354 g/mol. The summed E-state index contributed by atoms with van der Waals surface area (Å²) < 4.78 is 0. The largest absolute Gasteiger partial charge is 3.00 e. The number of halogens is 2. The van der Waals surface area contributed by atoms with Crippen molar-refractivity contribution in [3.63, 3.8) is 0 Å². The molecule has 0 aliphatic heterocycles. The van der Waals surface area contributed by atoms with Gasteiger partial charge in [-0.2, -0.15) is 11.1 Å². The van der Waals surface area contributed by atoms with Gasteiger partial charge in [0.25, 0.3) is 0 Å². The summed E-state index contributed by atoms with van der Waals surface area (Å²) in [4.78, 5) is 0. The first kappa shape index (κ1) is 27.1. The van der Waals surface area contributed by atoms with Gasteiger partial charge in [-0.05, 0) is 17.5 Å². The van der Waals surface area contributed by atoms with E-state index in [1.807, 2.05) is 0 Å². The molecule has 4 heteroatoms. The number of hydrogen-bond acceptors (Lipinski definition) is 0. The summed E-state index contributed by atoms with van der Waals surface area (Å²) in [7, 11) is 0.154. The summed E-state index contributed by atoms with van der Waals surface area (Å²) in [5.74, 6) is 0. The van der Waals surface area contributed by atoms with Crippen molar-refractivity contribution in [2.75, 3.05) is 6.16 Å². The zero-order valence-corrected chi connectivity index (χ0v) is 18.7. The molecule has 21 heavy (non-hydrogen) atoms. The fourth-order valence-corrected chi connectivity index (χ4v) is 5.94. The Morgan fingerprint density at radius 1 is 1.00 bits per heavy atom. The maximum atomic E-state index is 3.72. The molecule has 0 fully saturated rings. The van der Waals surface area contributed by atoms with Gasteiger partial charge in [0, 0.05) is 0 Å². The average molecular weight is 384 g/mol. The van der Waals surface area contributed by atoms with Gasteiger partial charge in [0.2, 0.25) is 0 Å². The standard InChI is InChI=1S/C17H30P.2ClH.Ti/c1-12(2)18(13(3)4)10-9-17(8)11-14(5)15(6)16(17)7;;;/h12-13H,9-10H2,1-8H3;2*1H;/q-1;;;+3/p-2. The van der Waals surface area contributed by atoms with Gasteiger partial charge in [0.15, 0.2) is 0 Å². The van der Waals surface area contributed by atoms with E-state index >= 15 is 0 Å². The van der Waals surface area contributed by atoms with Crippen LogP contribution in [0.4, 0.5) is 0 Å². The first-order valence-electron chi connectivity index (χ1n) is 7.25. The summed E-state index contributed by atoms with van der Waals surface area (Å²) >= 11 is 0. The monoisotopic (exact) mass is 383 g/mol. The topological polar surface area (TPSA) is 0 Å². The van der Waals surface area contributed by atoms with Gasteiger partial charge in [0.05, 0.1) is 0 Å². The van der Waals surface area contributed by atoms with Crippen LogP contribution in [0.2, 0.25) is 0 Å². The summed E-state index contributed by atoms with van der Waals surface area (Å²) in [6.45, 7) is 18.7. The van der Waals surface area contributed by atoms with E-state index < -0.39 is 0 Å². The van der Waals surface area contributed by atoms with Crippen LogP contribution in [0.15, 0.2) is 16.7 Å². The molecule has 0 aromatic carbocycles. The van der Waals surface area contributed by atoms with Gasteiger partial charge in [-0.15, -0.1) is 14.8 Å². The van der Waals surface area contributed by atoms with E-state index in [0.717, 1.165) is 11.3 Å². The van der Waals surface area contributed by atoms with E-state index in [-0.39, 0.29) is 59.9 Å². The van der Waals surface area contributed by atoms with Crippen LogP contribution in [0.5, 0.6) is 0 Å². The molecule has 0 spiro atoms. The first-order valence-corrected chi connectivity index (χ1v) is 8.91. The molecule has 0 nitrogen and oxygen atoms in total. The number of rotatable bonds is 5. The first-order chi connectivity index (χ1) is 8.19. The number of allylic oxidation sites excluding steroid dienone is 4. The third kappa shape index (κ3) is 6.68. The Labute approximate surface area is 161 Å². The van der Waals surface area contributed by atoms with E-state index in [4.69, 9.17) is 0 Å². The molecule has 1 radical (unpaired) electrons. The van der Waals surface area contributed by atoms with Gasteiger partial charge < -0.3 is 24.8 Å². The second-order valence-corrected chi connectivity index (χ2v) is 10.0. The molecular formula is C17H30Cl2PTi. The van der Waals surface area contributed by atoms with Crippen LogP contribution in [0, 0.1) is 11.5 Å². The Kier molecular flexibility index (Phi) is 14.0. The minimum atomic E-state index is 0. The molecule has 1 unspecified atom stereocenters. The van der Waals surface area contributed by atoms with Gasteiger partial charge in [0.1, 0.15) is 0 Å². The summed E-state index contributed by atoms with van der Waals surface area (Å²) in [5.41, 5.74) is 6.28. The van der Waals surface area contributed by atoms with Gasteiger partial charge in [-0.1, -0.05) is 60.3 Å². The Morgan fingerprint density at radius 2 is 1.43 bits per heavy atom. The van der Waals surface area contributed by atoms with Crippen molar-refractivity contribution < 1.29 is 46.5 Å². The Morgan fingerprint density at radius 3 is 1.71 bits per heavy atom. The second-order valence-electron chi connectivity index (χ2n) is 6.51. The molecule has 0 aromatic heterocycles. The summed E-state index contributed by atoms with van der Waals surface area (Å²) in [5, 5.41) is 0. The van der Waals surface area contributed by atoms with Gasteiger partial charge >= 0.3 is 21.7 Å². The normalized spacial score (nSPS) is 21.2. The van der Waals surface area contributed by atoms with E-state index in [1.165, 1.54) is 23.7 Å². The van der Waals surface area contributed by atoms with Crippen LogP contribution < -0.4 is 24.8 Å². The van der Waals surface area contributed by atoms with Crippen LogP contribution in [0.1, 0.15) is 61.8 Å². The molecule has 1 atom stereocenters. The fraction of sp³-hybridized carbons (Fsp3) is 0.765. The Balaban J connectivity index is -0.00000108. The molecule has 0 amide bonds. The quantitative estimate of drug-likeness (QED) is 0.350. The maximum absolute atomic E-state index is 3.72. The van der Waals surface area contributed by atoms with Crippen molar-refractivity contribution in [2.45, 2.75) is 73.1 Å². The molecule has 0 heterocycles. The summed E-state index contributed by atoms with van der Waals surface area (Å²) in [6, 6.07) is 0. The van der Waals surface area contributed by atoms with Gasteiger partial charge in [-0.25, -0.2) is 5.57 Å². The van der Waals surface area contributed by atoms with E-state index in [1.54, 1.807) is 5.57 Å². The molecule has 1 aliphatic rings. The maximum Gasteiger partial charge on any atom is 3.00 e. The minimum absolute atomic E-state index is 0. The molecule has 0 bridgehead atoms. The Hall–Kier alpha value is 1.20. The van der Waals surface area contributed by atoms with Crippen LogP contribution in [-0.2, 0) is 21.7 Å². The molecule has 0 N–H and O–H groups in total. The zero-order chi connectivity index (χ0) is 14.1. The fourth-order valence-electron chi connectivity index (χ4n) is 3.01. The average Bonchev–Trinajstić information content (AvgIpc) is 2.42. The van der Waals surface area contributed by atoms with Crippen molar-refractivity contribution in [3.8, 4) is 0 Å². The second kappa shape index (κ2) is 10.9. The molecule has 1 rings (SSSR count). The third-order valence-corrected chi connectivity index (χ3v) is 8.01. The van der Waals surface area contributed by atoms with Crippen LogP contribution in [-0.4, -0.2) is 17.5 Å². The Bertz CT molecular complexity index is 367. The van der Waals surface area contributed by atoms with E-state index in [2.05, 4.69) is 61.5 Å². The predicted octanol–water partition coefficient (Wildman–Crippen LogP) is -0.214. The van der Waals surface area contributed by atoms with Crippen molar-refractivity contribution in [1.29, 1.82) is 0 Å². The van der Waals surface area contributed by atoms with Crippen LogP contribution >= 0.6 is 7.92 Å². The third-order valence-electron chi connectivity index (χ3n) is 4.61. The van der Waals surface area contributed by atoms with E-state index in [9.17, 15) is 0 Å². The van der Waals surface area contributed by atoms with Crippen LogP contribution in [0.3, 0.4) is 0 Å².